The molecule has 0 heterocycles. The lowest BCUT2D eigenvalue weighted by molar-refractivity contribution is 0.143. The molecule has 2 heteroatoms. The van der Waals surface area contributed by atoms with Crippen LogP contribution in [0.2, 0.25) is 0 Å². The second kappa shape index (κ2) is 6.86. The van der Waals surface area contributed by atoms with Crippen molar-refractivity contribution in [1.82, 2.24) is 0 Å². The summed E-state index contributed by atoms with van der Waals surface area (Å²) in [6.45, 7) is 3.82. The summed E-state index contributed by atoms with van der Waals surface area (Å²) in [7, 11) is 0. The minimum atomic E-state index is 0.150. The van der Waals surface area contributed by atoms with Gasteiger partial charge in [0.15, 0.2) is 0 Å². The molecule has 1 aliphatic carbocycles. The van der Waals surface area contributed by atoms with Crippen molar-refractivity contribution in [1.29, 1.82) is 0 Å². The van der Waals surface area contributed by atoms with E-state index >= 15 is 0 Å². The first-order valence-electron chi connectivity index (χ1n) is 5.89. The quantitative estimate of drug-likeness (QED) is 0.633. The van der Waals surface area contributed by atoms with Crippen LogP contribution in [-0.2, 0) is 9.53 Å². The molecular weight excluding hydrogens is 176 g/mol. The summed E-state index contributed by atoms with van der Waals surface area (Å²) >= 11 is 0. The van der Waals surface area contributed by atoms with Gasteiger partial charge in [0.2, 0.25) is 0 Å². The lowest BCUT2D eigenvalue weighted by Gasteiger charge is -2.17. The van der Waals surface area contributed by atoms with Crippen molar-refractivity contribution in [3.8, 4) is 0 Å². The lowest BCUT2D eigenvalue weighted by Crippen LogP contribution is -2.14. The van der Waals surface area contributed by atoms with Gasteiger partial charge in [-0.2, -0.15) is 0 Å². The zero-order chi connectivity index (χ0) is 10.2. The third-order valence-corrected chi connectivity index (χ3v) is 3.17. The average Bonchev–Trinajstić information content (AvgIpc) is 2.41. The molecule has 0 aromatic carbocycles. The van der Waals surface area contributed by atoms with Crippen LogP contribution in [0.5, 0.6) is 0 Å². The molecule has 0 amide bonds. The number of hydrogen-bond acceptors (Lipinski definition) is 2. The van der Waals surface area contributed by atoms with E-state index in [0.717, 1.165) is 18.8 Å². The molecule has 1 aliphatic rings. The maximum Gasteiger partial charge on any atom is 0.417 e. The van der Waals surface area contributed by atoms with E-state index < -0.39 is 0 Å². The fraction of sp³-hybridized carbons (Fsp3) is 0.917. The van der Waals surface area contributed by atoms with Crippen molar-refractivity contribution in [2.45, 2.75) is 64.4 Å². The number of hydrogen-bond donors (Lipinski definition) is 0. The molecule has 0 aliphatic heterocycles. The molecule has 2 atom stereocenters. The second-order valence-corrected chi connectivity index (χ2v) is 4.35. The second-order valence-electron chi connectivity index (χ2n) is 4.35. The molecule has 0 spiro atoms. The van der Waals surface area contributed by atoms with Crippen molar-refractivity contribution >= 4 is 6.47 Å². The third-order valence-electron chi connectivity index (χ3n) is 3.17. The molecule has 0 bridgehead atoms. The van der Waals surface area contributed by atoms with E-state index in [2.05, 4.69) is 6.92 Å². The van der Waals surface area contributed by atoms with Crippen LogP contribution < -0.4 is 0 Å². The standard InChI is InChI=1S/C12H21O2/c1-2-3-6-11-7-4-5-8-12(9-11)14-10-13/h11-12H,2-9H2,1H3. The molecule has 1 rings (SSSR count). The molecule has 0 saturated heterocycles. The van der Waals surface area contributed by atoms with E-state index in [4.69, 9.17) is 4.74 Å². The highest BCUT2D eigenvalue weighted by Gasteiger charge is 2.20. The van der Waals surface area contributed by atoms with Gasteiger partial charge in [-0.15, -0.1) is 0 Å². The molecule has 81 valence electrons. The topological polar surface area (TPSA) is 26.3 Å². The molecule has 1 radical (unpaired) electrons. The summed E-state index contributed by atoms with van der Waals surface area (Å²) in [4.78, 5) is 10.2. The molecule has 2 unspecified atom stereocenters. The van der Waals surface area contributed by atoms with Gasteiger partial charge in [0, 0.05) is 0 Å². The van der Waals surface area contributed by atoms with E-state index in [1.165, 1.54) is 38.5 Å². The van der Waals surface area contributed by atoms with Crippen molar-refractivity contribution < 1.29 is 9.53 Å². The summed E-state index contributed by atoms with van der Waals surface area (Å²) in [5.74, 6) is 0.774. The van der Waals surface area contributed by atoms with Crippen molar-refractivity contribution in [2.75, 3.05) is 0 Å². The van der Waals surface area contributed by atoms with Crippen LogP contribution in [0.3, 0.4) is 0 Å². The Morgan fingerprint density at radius 3 is 2.86 bits per heavy atom. The SMILES string of the molecule is CCCCC1CCCCC(O[C]=O)C1. The van der Waals surface area contributed by atoms with Gasteiger partial charge in [-0.3, -0.25) is 0 Å². The Morgan fingerprint density at radius 1 is 1.36 bits per heavy atom. The van der Waals surface area contributed by atoms with Crippen molar-refractivity contribution in [3.63, 3.8) is 0 Å². The van der Waals surface area contributed by atoms with E-state index in [-0.39, 0.29) is 6.10 Å². The van der Waals surface area contributed by atoms with Crippen LogP contribution in [0.15, 0.2) is 0 Å². The highest BCUT2D eigenvalue weighted by Crippen LogP contribution is 2.28. The zero-order valence-electron chi connectivity index (χ0n) is 9.13. The minimum Gasteiger partial charge on any atom is -0.454 e. The largest absolute Gasteiger partial charge is 0.454 e. The highest BCUT2D eigenvalue weighted by atomic mass is 16.5. The fourth-order valence-electron chi connectivity index (χ4n) is 2.34. The van der Waals surface area contributed by atoms with Crippen molar-refractivity contribution in [2.24, 2.45) is 5.92 Å². The normalized spacial score (nSPS) is 28.1. The average molecular weight is 197 g/mol. The molecule has 0 aromatic rings. The molecule has 0 N–H and O–H groups in total. The first kappa shape index (κ1) is 11.5. The van der Waals surface area contributed by atoms with E-state index in [0.29, 0.717) is 0 Å². The highest BCUT2D eigenvalue weighted by molar-refractivity contribution is 5.38. The smallest absolute Gasteiger partial charge is 0.417 e. The van der Waals surface area contributed by atoms with Crippen molar-refractivity contribution in [3.05, 3.63) is 0 Å². The minimum absolute atomic E-state index is 0.150. The number of rotatable bonds is 5. The molecular formula is C12H21O2. The van der Waals surface area contributed by atoms with Gasteiger partial charge in [-0.1, -0.05) is 39.0 Å². The van der Waals surface area contributed by atoms with Gasteiger partial charge in [-0.25, -0.2) is 4.79 Å². The van der Waals surface area contributed by atoms with Crippen LogP contribution in [0.25, 0.3) is 0 Å². The summed E-state index contributed by atoms with van der Waals surface area (Å²) in [5.41, 5.74) is 0. The first-order chi connectivity index (χ1) is 6.86. The Morgan fingerprint density at radius 2 is 2.14 bits per heavy atom. The van der Waals surface area contributed by atoms with Crippen LogP contribution in [0.1, 0.15) is 58.3 Å². The fourth-order valence-corrected chi connectivity index (χ4v) is 2.34. The molecule has 0 aromatic heterocycles. The maximum atomic E-state index is 10.2. The van der Waals surface area contributed by atoms with E-state index in [9.17, 15) is 4.79 Å². The van der Waals surface area contributed by atoms with Crippen LogP contribution in [0, 0.1) is 5.92 Å². The van der Waals surface area contributed by atoms with Gasteiger partial charge in [-0.05, 0) is 25.2 Å². The molecule has 2 nitrogen and oxygen atoms in total. The van der Waals surface area contributed by atoms with E-state index in [1.807, 2.05) is 0 Å². The van der Waals surface area contributed by atoms with Gasteiger partial charge >= 0.3 is 6.47 Å². The van der Waals surface area contributed by atoms with Crippen LogP contribution in [-0.4, -0.2) is 12.6 Å². The van der Waals surface area contributed by atoms with Gasteiger partial charge in [0.1, 0.15) is 6.10 Å². The first-order valence-corrected chi connectivity index (χ1v) is 5.89. The van der Waals surface area contributed by atoms with Crippen LogP contribution in [0.4, 0.5) is 0 Å². The predicted molar refractivity (Wildman–Crippen MR) is 56.7 cm³/mol. The Labute approximate surface area is 87.0 Å². The summed E-state index contributed by atoms with van der Waals surface area (Å²) in [5, 5.41) is 0. The summed E-state index contributed by atoms with van der Waals surface area (Å²) < 4.78 is 4.97. The monoisotopic (exact) mass is 197 g/mol. The molecule has 1 fully saturated rings. The zero-order valence-corrected chi connectivity index (χ0v) is 9.13. The number of unbranched alkanes of at least 4 members (excludes halogenated alkanes) is 1. The van der Waals surface area contributed by atoms with E-state index in [1.54, 1.807) is 6.47 Å². The Balaban J connectivity index is 2.30. The van der Waals surface area contributed by atoms with Gasteiger partial charge in [0.25, 0.3) is 0 Å². The van der Waals surface area contributed by atoms with Gasteiger partial charge < -0.3 is 4.74 Å². The third kappa shape index (κ3) is 4.12. The lowest BCUT2D eigenvalue weighted by atomic mass is 9.93. The summed E-state index contributed by atoms with van der Waals surface area (Å²) in [6, 6.07) is 0. The number of carbonyl (C=O) groups excluding carboxylic acids is 1. The predicted octanol–water partition coefficient (Wildman–Crippen LogP) is 3.21. The maximum absolute atomic E-state index is 10.2. The summed E-state index contributed by atoms with van der Waals surface area (Å²) in [6.07, 6.45) is 9.95. The Kier molecular flexibility index (Phi) is 5.65. The Bertz CT molecular complexity index is 156. The molecule has 14 heavy (non-hydrogen) atoms. The van der Waals surface area contributed by atoms with Gasteiger partial charge in [0.05, 0.1) is 0 Å². The molecule has 1 saturated carbocycles. The number of ether oxygens (including phenoxy) is 1. The Hall–Kier alpha value is -0.530. The van der Waals surface area contributed by atoms with Crippen LogP contribution >= 0.6 is 0 Å².